The lowest BCUT2D eigenvalue weighted by Gasteiger charge is -2.11. The largest absolute Gasteiger partial charge is 0.294 e. The molecule has 1 unspecified atom stereocenters. The zero-order chi connectivity index (χ0) is 11.6. The molecule has 0 aliphatic heterocycles. The van der Waals surface area contributed by atoms with E-state index in [4.69, 9.17) is 0 Å². The number of nitrogens with zero attached hydrogens (tertiary/aromatic N) is 2. The van der Waals surface area contributed by atoms with Gasteiger partial charge in [0.2, 0.25) is 0 Å². The van der Waals surface area contributed by atoms with Crippen LogP contribution in [0.4, 0.5) is 0 Å². The Morgan fingerprint density at radius 2 is 2.00 bits per heavy atom. The highest BCUT2D eigenvalue weighted by atomic mass is 16.1. The molecule has 0 saturated heterocycles. The van der Waals surface area contributed by atoms with Crippen molar-refractivity contribution in [1.29, 1.82) is 0 Å². The van der Waals surface area contributed by atoms with Crippen molar-refractivity contribution in [2.45, 2.75) is 53.5 Å². The summed E-state index contributed by atoms with van der Waals surface area (Å²) < 4.78 is 1.97. The number of carbonyl (C=O) groups excluding carboxylic acids is 1. The summed E-state index contributed by atoms with van der Waals surface area (Å²) >= 11 is 0. The van der Waals surface area contributed by atoms with E-state index in [1.165, 1.54) is 0 Å². The first-order valence-electron chi connectivity index (χ1n) is 5.61. The van der Waals surface area contributed by atoms with Gasteiger partial charge in [-0.15, -0.1) is 0 Å². The van der Waals surface area contributed by atoms with Gasteiger partial charge in [-0.25, -0.2) is 0 Å². The average Bonchev–Trinajstić information content (AvgIpc) is 2.52. The smallest absolute Gasteiger partial charge is 0.166 e. The summed E-state index contributed by atoms with van der Waals surface area (Å²) in [6.07, 6.45) is 1.58. The lowest BCUT2D eigenvalue weighted by atomic mass is 10.1. The zero-order valence-corrected chi connectivity index (χ0v) is 10.3. The standard InChI is InChI=1S/C12H20N2O/c1-6-8(3)14-10(5)12(9(4)13-14)11(15)7-2/h8H,6-7H2,1-5H3. The summed E-state index contributed by atoms with van der Waals surface area (Å²) in [5.41, 5.74) is 2.69. The number of aromatic nitrogens is 2. The van der Waals surface area contributed by atoms with Crippen LogP contribution in [-0.2, 0) is 0 Å². The summed E-state index contributed by atoms with van der Waals surface area (Å²) in [6, 6.07) is 0.363. The van der Waals surface area contributed by atoms with Crippen LogP contribution in [0.15, 0.2) is 0 Å². The Labute approximate surface area is 91.5 Å². The summed E-state index contributed by atoms with van der Waals surface area (Å²) in [4.78, 5) is 11.7. The van der Waals surface area contributed by atoms with Crippen molar-refractivity contribution in [3.8, 4) is 0 Å². The molecular weight excluding hydrogens is 188 g/mol. The minimum atomic E-state index is 0.194. The van der Waals surface area contributed by atoms with Crippen LogP contribution in [0.1, 0.15) is 61.4 Å². The minimum absolute atomic E-state index is 0.194. The minimum Gasteiger partial charge on any atom is -0.294 e. The van der Waals surface area contributed by atoms with Crippen LogP contribution in [0, 0.1) is 13.8 Å². The highest BCUT2D eigenvalue weighted by molar-refractivity contribution is 5.97. The van der Waals surface area contributed by atoms with Crippen LogP contribution < -0.4 is 0 Å². The third-order valence-corrected chi connectivity index (χ3v) is 2.93. The van der Waals surface area contributed by atoms with E-state index in [0.29, 0.717) is 12.5 Å². The Balaban J connectivity index is 3.20. The molecule has 1 rings (SSSR count). The van der Waals surface area contributed by atoms with Gasteiger partial charge in [0.05, 0.1) is 11.3 Å². The Bertz CT molecular complexity index is 366. The van der Waals surface area contributed by atoms with E-state index in [1.807, 2.05) is 25.5 Å². The number of hydrogen-bond acceptors (Lipinski definition) is 2. The SMILES string of the molecule is CCC(=O)c1c(C)nn(C(C)CC)c1C. The second kappa shape index (κ2) is 4.60. The molecule has 0 amide bonds. The van der Waals surface area contributed by atoms with Gasteiger partial charge in [0.25, 0.3) is 0 Å². The number of aryl methyl sites for hydroxylation is 1. The van der Waals surface area contributed by atoms with E-state index < -0.39 is 0 Å². The molecule has 3 nitrogen and oxygen atoms in total. The van der Waals surface area contributed by atoms with Crippen LogP contribution in [0.25, 0.3) is 0 Å². The van der Waals surface area contributed by atoms with Gasteiger partial charge in [0, 0.05) is 18.2 Å². The van der Waals surface area contributed by atoms with Crippen molar-refractivity contribution in [3.63, 3.8) is 0 Å². The highest BCUT2D eigenvalue weighted by Crippen LogP contribution is 2.20. The van der Waals surface area contributed by atoms with Crippen LogP contribution in [0.2, 0.25) is 0 Å². The fourth-order valence-electron chi connectivity index (χ4n) is 1.85. The number of Topliss-reactive ketones (excluding diaryl/α,β-unsaturated/α-hetero) is 1. The van der Waals surface area contributed by atoms with Crippen molar-refractivity contribution in [2.75, 3.05) is 0 Å². The van der Waals surface area contributed by atoms with Gasteiger partial charge >= 0.3 is 0 Å². The van der Waals surface area contributed by atoms with E-state index in [-0.39, 0.29) is 5.78 Å². The lowest BCUT2D eigenvalue weighted by Crippen LogP contribution is -2.08. The van der Waals surface area contributed by atoms with Crippen molar-refractivity contribution in [3.05, 3.63) is 17.0 Å². The average molecular weight is 208 g/mol. The summed E-state index contributed by atoms with van der Waals surface area (Å²) in [6.45, 7) is 10.0. The highest BCUT2D eigenvalue weighted by Gasteiger charge is 2.18. The normalized spacial score (nSPS) is 12.9. The zero-order valence-electron chi connectivity index (χ0n) is 10.3. The molecule has 84 valence electrons. The Hall–Kier alpha value is -1.12. The predicted octanol–water partition coefficient (Wildman–Crippen LogP) is 3.06. The van der Waals surface area contributed by atoms with Gasteiger partial charge in [-0.05, 0) is 27.2 Å². The lowest BCUT2D eigenvalue weighted by molar-refractivity contribution is 0.0987. The first-order valence-corrected chi connectivity index (χ1v) is 5.61. The molecule has 0 aromatic carbocycles. The first-order chi connectivity index (χ1) is 7.02. The molecule has 0 fully saturated rings. The Kier molecular flexibility index (Phi) is 3.66. The van der Waals surface area contributed by atoms with E-state index in [1.54, 1.807) is 0 Å². The van der Waals surface area contributed by atoms with Crippen molar-refractivity contribution in [1.82, 2.24) is 9.78 Å². The van der Waals surface area contributed by atoms with E-state index in [0.717, 1.165) is 23.4 Å². The van der Waals surface area contributed by atoms with Gasteiger partial charge in [-0.2, -0.15) is 5.10 Å². The third-order valence-electron chi connectivity index (χ3n) is 2.93. The molecule has 0 N–H and O–H groups in total. The monoisotopic (exact) mass is 208 g/mol. The summed E-state index contributed by atoms with van der Waals surface area (Å²) in [7, 11) is 0. The molecular formula is C12H20N2O. The van der Waals surface area contributed by atoms with Crippen LogP contribution in [0.3, 0.4) is 0 Å². The van der Waals surface area contributed by atoms with Crippen LogP contribution >= 0.6 is 0 Å². The summed E-state index contributed by atoms with van der Waals surface area (Å²) in [5.74, 6) is 0.194. The first kappa shape index (κ1) is 12.0. The Morgan fingerprint density at radius 3 is 2.47 bits per heavy atom. The second-order valence-corrected chi connectivity index (χ2v) is 4.02. The fourth-order valence-corrected chi connectivity index (χ4v) is 1.85. The number of rotatable bonds is 4. The molecule has 1 aromatic heterocycles. The predicted molar refractivity (Wildman–Crippen MR) is 61.3 cm³/mol. The second-order valence-electron chi connectivity index (χ2n) is 4.02. The topological polar surface area (TPSA) is 34.9 Å². The van der Waals surface area contributed by atoms with Crippen LogP contribution in [-0.4, -0.2) is 15.6 Å². The number of ketones is 1. The molecule has 1 heterocycles. The molecule has 1 atom stereocenters. The summed E-state index contributed by atoms with van der Waals surface area (Å²) in [5, 5.41) is 4.45. The Morgan fingerprint density at radius 1 is 1.40 bits per heavy atom. The van der Waals surface area contributed by atoms with E-state index in [2.05, 4.69) is 18.9 Å². The maximum atomic E-state index is 11.7. The molecule has 3 heteroatoms. The van der Waals surface area contributed by atoms with Crippen molar-refractivity contribution < 1.29 is 4.79 Å². The van der Waals surface area contributed by atoms with Gasteiger partial charge < -0.3 is 0 Å². The van der Waals surface area contributed by atoms with Gasteiger partial charge in [-0.1, -0.05) is 13.8 Å². The van der Waals surface area contributed by atoms with Gasteiger partial charge in [0.1, 0.15) is 0 Å². The molecule has 0 aliphatic carbocycles. The van der Waals surface area contributed by atoms with Gasteiger partial charge in [-0.3, -0.25) is 9.48 Å². The molecule has 0 saturated carbocycles. The van der Waals surface area contributed by atoms with E-state index in [9.17, 15) is 4.79 Å². The fraction of sp³-hybridized carbons (Fsp3) is 0.667. The number of hydrogen-bond donors (Lipinski definition) is 0. The molecule has 1 aromatic rings. The maximum absolute atomic E-state index is 11.7. The number of carbonyl (C=O) groups is 1. The van der Waals surface area contributed by atoms with Crippen molar-refractivity contribution >= 4 is 5.78 Å². The molecule has 15 heavy (non-hydrogen) atoms. The third kappa shape index (κ3) is 2.11. The molecule has 0 spiro atoms. The van der Waals surface area contributed by atoms with Crippen LogP contribution in [0.5, 0.6) is 0 Å². The molecule has 0 aliphatic rings. The van der Waals surface area contributed by atoms with Gasteiger partial charge in [0.15, 0.2) is 5.78 Å². The van der Waals surface area contributed by atoms with E-state index >= 15 is 0 Å². The maximum Gasteiger partial charge on any atom is 0.166 e. The van der Waals surface area contributed by atoms with Crippen molar-refractivity contribution in [2.24, 2.45) is 0 Å². The quantitative estimate of drug-likeness (QED) is 0.713. The molecule has 0 bridgehead atoms. The molecule has 0 radical (unpaired) electrons.